The van der Waals surface area contributed by atoms with Crippen molar-refractivity contribution in [3.8, 4) is 11.4 Å². The Kier molecular flexibility index (Phi) is 6.89. The van der Waals surface area contributed by atoms with Crippen LogP contribution in [0.3, 0.4) is 0 Å². The fourth-order valence-corrected chi connectivity index (χ4v) is 5.82. The zero-order valence-corrected chi connectivity index (χ0v) is 22.5. The van der Waals surface area contributed by atoms with Crippen LogP contribution < -0.4 is 15.1 Å². The summed E-state index contributed by atoms with van der Waals surface area (Å²) in [5.74, 6) is 0.194. The van der Waals surface area contributed by atoms with Crippen molar-refractivity contribution >= 4 is 28.7 Å². The number of pyridine rings is 1. The highest BCUT2D eigenvalue weighted by Gasteiger charge is 2.43. The molecule has 3 heterocycles. The molecule has 5 rings (SSSR count). The average Bonchev–Trinajstić information content (AvgIpc) is 3.41. The minimum Gasteiger partial charge on any atom is -0.506 e. The summed E-state index contributed by atoms with van der Waals surface area (Å²) in [5.41, 5.74) is 7.33. The van der Waals surface area contributed by atoms with Crippen molar-refractivity contribution in [1.29, 1.82) is 0 Å². The van der Waals surface area contributed by atoms with Gasteiger partial charge in [0.15, 0.2) is 5.11 Å². The summed E-state index contributed by atoms with van der Waals surface area (Å²) in [6, 6.07) is 23.9. The first-order chi connectivity index (χ1) is 17.9. The molecule has 7 heteroatoms. The number of phenolic OH excluding ortho intramolecular Hbond substituents is 1. The topological polar surface area (TPSA) is 56.6 Å². The molecule has 1 fully saturated rings. The first kappa shape index (κ1) is 24.8. The van der Waals surface area contributed by atoms with Crippen LogP contribution in [0.2, 0.25) is 0 Å². The summed E-state index contributed by atoms with van der Waals surface area (Å²) < 4.78 is 2.29. The Morgan fingerprint density at radius 2 is 1.68 bits per heavy atom. The van der Waals surface area contributed by atoms with Crippen molar-refractivity contribution in [2.45, 2.75) is 39.8 Å². The second-order valence-electron chi connectivity index (χ2n) is 9.34. The van der Waals surface area contributed by atoms with Crippen molar-refractivity contribution < 1.29 is 5.11 Å². The molecule has 0 bridgehead atoms. The smallest absolute Gasteiger partial charge is 0.174 e. The Hall–Kier alpha value is -3.84. The molecule has 0 spiro atoms. The molecule has 1 aliphatic rings. The number of aryl methyl sites for hydroxylation is 1. The van der Waals surface area contributed by atoms with E-state index in [0.29, 0.717) is 10.8 Å². The van der Waals surface area contributed by atoms with E-state index in [0.717, 1.165) is 41.4 Å². The number of hydrogen-bond acceptors (Lipinski definition) is 4. The van der Waals surface area contributed by atoms with Crippen LogP contribution in [0.1, 0.15) is 48.6 Å². The molecule has 2 N–H and O–H groups in total. The van der Waals surface area contributed by atoms with Crippen LogP contribution >= 0.6 is 12.2 Å². The zero-order valence-electron chi connectivity index (χ0n) is 21.7. The predicted octanol–water partition coefficient (Wildman–Crippen LogP) is 6.22. The number of para-hydroxylation sites is 2. The first-order valence-electron chi connectivity index (χ1n) is 12.8. The van der Waals surface area contributed by atoms with Gasteiger partial charge in [-0.15, -0.1) is 0 Å². The maximum Gasteiger partial charge on any atom is 0.174 e. The van der Waals surface area contributed by atoms with E-state index >= 15 is 0 Å². The number of phenols is 1. The molecular formula is C30H33N5OS. The van der Waals surface area contributed by atoms with Gasteiger partial charge in [0.1, 0.15) is 5.75 Å². The Bertz CT molecular complexity index is 1400. The lowest BCUT2D eigenvalue weighted by atomic mass is 9.96. The van der Waals surface area contributed by atoms with Crippen LogP contribution in [0.4, 0.5) is 11.4 Å². The fourth-order valence-electron chi connectivity index (χ4n) is 5.48. The summed E-state index contributed by atoms with van der Waals surface area (Å²) >= 11 is 5.84. The number of nitrogens with one attached hydrogen (secondary N) is 1. The predicted molar refractivity (Wildman–Crippen MR) is 155 cm³/mol. The summed E-state index contributed by atoms with van der Waals surface area (Å²) in [5, 5.41) is 14.8. The first-order valence-corrected chi connectivity index (χ1v) is 13.2. The molecular weight excluding hydrogens is 478 g/mol. The van der Waals surface area contributed by atoms with E-state index in [1.165, 1.54) is 5.69 Å². The van der Waals surface area contributed by atoms with Crippen molar-refractivity contribution in [2.75, 3.05) is 22.9 Å². The maximum atomic E-state index is 10.8. The van der Waals surface area contributed by atoms with Gasteiger partial charge in [-0.05, 0) is 100 Å². The molecule has 6 nitrogen and oxygen atoms in total. The van der Waals surface area contributed by atoms with Crippen LogP contribution in [0.25, 0.3) is 5.69 Å². The minimum atomic E-state index is -0.189. The summed E-state index contributed by atoms with van der Waals surface area (Å²) in [6.07, 6.45) is 1.81. The van der Waals surface area contributed by atoms with Crippen LogP contribution in [-0.4, -0.2) is 32.9 Å². The van der Waals surface area contributed by atoms with Crippen LogP contribution in [0, 0.1) is 13.8 Å². The molecule has 0 radical (unpaired) electrons. The Morgan fingerprint density at radius 3 is 2.32 bits per heavy atom. The summed E-state index contributed by atoms with van der Waals surface area (Å²) in [4.78, 5) is 9.03. The van der Waals surface area contributed by atoms with Gasteiger partial charge in [0.2, 0.25) is 0 Å². The van der Waals surface area contributed by atoms with E-state index in [9.17, 15) is 5.11 Å². The lowest BCUT2D eigenvalue weighted by Crippen LogP contribution is -2.29. The number of rotatable bonds is 7. The van der Waals surface area contributed by atoms with Crippen molar-refractivity contribution in [3.63, 3.8) is 0 Å². The quantitative estimate of drug-likeness (QED) is 0.287. The fraction of sp³-hybridized carbons (Fsp3) is 0.267. The van der Waals surface area contributed by atoms with Gasteiger partial charge in [-0.3, -0.25) is 4.98 Å². The monoisotopic (exact) mass is 511 g/mol. The number of hydrogen-bond donors (Lipinski definition) is 2. The Labute approximate surface area is 224 Å². The summed E-state index contributed by atoms with van der Waals surface area (Å²) in [7, 11) is 0. The van der Waals surface area contributed by atoms with Gasteiger partial charge in [-0.1, -0.05) is 18.2 Å². The molecule has 1 aliphatic heterocycles. The zero-order chi connectivity index (χ0) is 26.1. The molecule has 37 heavy (non-hydrogen) atoms. The van der Waals surface area contributed by atoms with Gasteiger partial charge in [0.05, 0.1) is 23.5 Å². The number of thiocarbonyl (C=S) groups is 1. The highest BCUT2D eigenvalue weighted by molar-refractivity contribution is 7.80. The molecule has 190 valence electrons. The highest BCUT2D eigenvalue weighted by atomic mass is 32.1. The van der Waals surface area contributed by atoms with Gasteiger partial charge in [0.25, 0.3) is 0 Å². The number of aromatic nitrogens is 2. The maximum absolute atomic E-state index is 10.8. The molecule has 2 atom stereocenters. The molecule has 0 amide bonds. The van der Waals surface area contributed by atoms with E-state index in [-0.39, 0.29) is 17.8 Å². The highest BCUT2D eigenvalue weighted by Crippen LogP contribution is 2.45. The largest absolute Gasteiger partial charge is 0.506 e. The van der Waals surface area contributed by atoms with Crippen molar-refractivity contribution in [3.05, 3.63) is 102 Å². The third kappa shape index (κ3) is 4.44. The lowest BCUT2D eigenvalue weighted by molar-refractivity contribution is 0.472. The molecule has 0 aliphatic carbocycles. The molecule has 1 saturated heterocycles. The van der Waals surface area contributed by atoms with Crippen LogP contribution in [0.15, 0.2) is 79.0 Å². The van der Waals surface area contributed by atoms with Gasteiger partial charge >= 0.3 is 0 Å². The Morgan fingerprint density at radius 1 is 0.973 bits per heavy atom. The second-order valence-corrected chi connectivity index (χ2v) is 9.72. The third-order valence-corrected chi connectivity index (χ3v) is 7.58. The molecule has 0 saturated carbocycles. The Balaban J connectivity index is 1.62. The van der Waals surface area contributed by atoms with Gasteiger partial charge < -0.3 is 24.8 Å². The number of nitrogens with zero attached hydrogens (tertiary/aromatic N) is 4. The van der Waals surface area contributed by atoms with Crippen LogP contribution in [-0.2, 0) is 0 Å². The second kappa shape index (κ2) is 10.3. The molecule has 2 aromatic carbocycles. The third-order valence-electron chi connectivity index (χ3n) is 7.26. The SMILES string of the molecule is CCN(CC)c1ccc(-n2c(C)cc(C3C(c4ccccn4)NC(=S)N3c3ccccc3O)c2C)cc1. The number of benzene rings is 2. The van der Waals surface area contributed by atoms with E-state index < -0.39 is 0 Å². The van der Waals surface area contributed by atoms with E-state index in [1.807, 2.05) is 41.3 Å². The standard InChI is InChI=1S/C30H33N5OS/c1-5-33(6-2)22-14-16-23(17-15-22)34-20(3)19-24(21(34)4)29-28(25-11-9-10-18-31-25)32-30(37)35(29)26-12-7-8-13-27(26)36/h7-19,28-29,36H,5-6H2,1-4H3,(H,32,37). The lowest BCUT2D eigenvalue weighted by Gasteiger charge is -2.28. The van der Waals surface area contributed by atoms with Crippen molar-refractivity contribution in [1.82, 2.24) is 14.9 Å². The average molecular weight is 512 g/mol. The van der Waals surface area contributed by atoms with E-state index in [1.54, 1.807) is 12.3 Å². The molecule has 2 aromatic heterocycles. The number of anilines is 2. The summed E-state index contributed by atoms with van der Waals surface area (Å²) in [6.45, 7) is 10.6. The van der Waals surface area contributed by atoms with Crippen LogP contribution in [0.5, 0.6) is 5.75 Å². The van der Waals surface area contributed by atoms with Crippen molar-refractivity contribution in [2.24, 2.45) is 0 Å². The number of aromatic hydroxyl groups is 1. The van der Waals surface area contributed by atoms with Gasteiger partial charge in [-0.25, -0.2) is 0 Å². The van der Waals surface area contributed by atoms with E-state index in [2.05, 4.69) is 77.8 Å². The van der Waals surface area contributed by atoms with Gasteiger partial charge in [-0.2, -0.15) is 0 Å². The normalized spacial score (nSPS) is 17.2. The molecule has 2 unspecified atom stereocenters. The minimum absolute atomic E-state index is 0.174. The van der Waals surface area contributed by atoms with Gasteiger partial charge in [0, 0.05) is 42.0 Å². The van der Waals surface area contributed by atoms with E-state index in [4.69, 9.17) is 12.2 Å². The molecule has 4 aromatic rings.